The van der Waals surface area contributed by atoms with E-state index in [2.05, 4.69) is 15.3 Å². The zero-order valence-electron chi connectivity index (χ0n) is 13.9. The van der Waals surface area contributed by atoms with E-state index >= 15 is 0 Å². The van der Waals surface area contributed by atoms with Crippen LogP contribution in [0.25, 0.3) is 11.0 Å². The third-order valence-corrected chi connectivity index (χ3v) is 5.80. The van der Waals surface area contributed by atoms with Crippen LogP contribution >= 0.6 is 23.1 Å². The summed E-state index contributed by atoms with van der Waals surface area (Å²) in [6, 6.07) is 19.7. The number of nitrogens with zero attached hydrogens (tertiary/aromatic N) is 1. The predicted octanol–water partition coefficient (Wildman–Crippen LogP) is 4.85. The average Bonchev–Trinajstić information content (AvgIpc) is 3.33. The number of thioether (sulfide) groups is 1. The van der Waals surface area contributed by atoms with Crippen LogP contribution in [0, 0.1) is 0 Å². The van der Waals surface area contributed by atoms with Crippen molar-refractivity contribution in [2.45, 2.75) is 17.5 Å². The molecule has 2 heterocycles. The fourth-order valence-electron chi connectivity index (χ4n) is 2.69. The molecular formula is C20H17N3OS2. The van der Waals surface area contributed by atoms with Gasteiger partial charge >= 0.3 is 0 Å². The number of nitrogens with one attached hydrogen (secondary N) is 2. The molecule has 6 heteroatoms. The zero-order chi connectivity index (χ0) is 17.8. The van der Waals surface area contributed by atoms with Crippen molar-refractivity contribution in [2.24, 2.45) is 0 Å². The Bertz CT molecular complexity index is 991. The van der Waals surface area contributed by atoms with Crippen LogP contribution in [0.3, 0.4) is 0 Å². The minimum atomic E-state index is -0.0424. The van der Waals surface area contributed by atoms with Crippen LogP contribution in [0.4, 0.5) is 0 Å². The van der Waals surface area contributed by atoms with Crippen molar-refractivity contribution in [3.63, 3.8) is 0 Å². The lowest BCUT2D eigenvalue weighted by atomic mass is 10.1. The normalized spacial score (nSPS) is 10.9. The number of para-hydroxylation sites is 2. The molecule has 4 aromatic rings. The second kappa shape index (κ2) is 7.76. The van der Waals surface area contributed by atoms with Gasteiger partial charge in [0.15, 0.2) is 5.16 Å². The number of fused-ring (bicyclic) bond motifs is 1. The molecule has 26 heavy (non-hydrogen) atoms. The molecule has 4 rings (SSSR count). The van der Waals surface area contributed by atoms with Gasteiger partial charge in [-0.3, -0.25) is 4.79 Å². The summed E-state index contributed by atoms with van der Waals surface area (Å²) in [5.74, 6) is 0.641. The molecule has 0 aliphatic heterocycles. The van der Waals surface area contributed by atoms with Crippen LogP contribution in [-0.2, 0) is 12.3 Å². The number of carbonyl (C=O) groups is 1. The largest absolute Gasteiger partial charge is 0.347 e. The molecule has 1 amide bonds. The molecule has 0 aliphatic rings. The van der Waals surface area contributed by atoms with E-state index in [-0.39, 0.29) is 5.91 Å². The summed E-state index contributed by atoms with van der Waals surface area (Å²) in [5.41, 5.74) is 3.70. The third-order valence-electron chi connectivity index (χ3n) is 4.00. The minimum Gasteiger partial charge on any atom is -0.347 e. The van der Waals surface area contributed by atoms with Crippen LogP contribution < -0.4 is 5.32 Å². The lowest BCUT2D eigenvalue weighted by Gasteiger charge is -2.09. The Kier molecular flexibility index (Phi) is 5.04. The van der Waals surface area contributed by atoms with E-state index in [1.165, 1.54) is 0 Å². The Morgan fingerprint density at radius 3 is 2.77 bits per heavy atom. The number of imidazole rings is 1. The van der Waals surface area contributed by atoms with E-state index in [4.69, 9.17) is 0 Å². The minimum absolute atomic E-state index is 0.0424. The second-order valence-electron chi connectivity index (χ2n) is 5.77. The van der Waals surface area contributed by atoms with Crippen molar-refractivity contribution >= 4 is 40.0 Å². The monoisotopic (exact) mass is 379 g/mol. The summed E-state index contributed by atoms with van der Waals surface area (Å²) in [6.07, 6.45) is 0. The maximum Gasteiger partial charge on any atom is 0.251 e. The van der Waals surface area contributed by atoms with Gasteiger partial charge in [0.2, 0.25) is 0 Å². The summed E-state index contributed by atoms with van der Waals surface area (Å²) >= 11 is 3.24. The topological polar surface area (TPSA) is 57.8 Å². The number of hydrogen-bond donors (Lipinski definition) is 2. The Morgan fingerprint density at radius 1 is 1.08 bits per heavy atom. The summed E-state index contributed by atoms with van der Waals surface area (Å²) in [7, 11) is 0. The van der Waals surface area contributed by atoms with Gasteiger partial charge < -0.3 is 10.3 Å². The molecule has 2 aromatic heterocycles. The van der Waals surface area contributed by atoms with Gasteiger partial charge in [0.05, 0.1) is 17.6 Å². The smallest absolute Gasteiger partial charge is 0.251 e. The maximum absolute atomic E-state index is 12.6. The van der Waals surface area contributed by atoms with Gasteiger partial charge in [0.1, 0.15) is 0 Å². The molecule has 130 valence electrons. The summed E-state index contributed by atoms with van der Waals surface area (Å²) in [5, 5.41) is 5.87. The van der Waals surface area contributed by atoms with Gasteiger partial charge in [-0.1, -0.05) is 48.2 Å². The number of rotatable bonds is 6. The molecule has 4 nitrogen and oxygen atoms in total. The number of aromatic nitrogens is 2. The van der Waals surface area contributed by atoms with E-state index in [9.17, 15) is 4.79 Å². The zero-order valence-corrected chi connectivity index (χ0v) is 15.6. The summed E-state index contributed by atoms with van der Waals surface area (Å²) in [4.78, 5) is 21.6. The van der Waals surface area contributed by atoms with E-state index < -0.39 is 0 Å². The molecule has 2 aromatic carbocycles. The van der Waals surface area contributed by atoms with Gasteiger partial charge in [-0.05, 0) is 35.2 Å². The van der Waals surface area contributed by atoms with Gasteiger partial charge in [-0.25, -0.2) is 4.98 Å². The first-order valence-corrected chi connectivity index (χ1v) is 10.1. The highest BCUT2D eigenvalue weighted by Crippen LogP contribution is 2.24. The van der Waals surface area contributed by atoms with Crippen LogP contribution in [-0.4, -0.2) is 15.9 Å². The van der Waals surface area contributed by atoms with Crippen molar-refractivity contribution in [2.75, 3.05) is 0 Å². The Balaban J connectivity index is 1.45. The number of amides is 1. The fourth-order valence-corrected chi connectivity index (χ4v) is 4.22. The van der Waals surface area contributed by atoms with Crippen molar-refractivity contribution in [3.05, 3.63) is 82.0 Å². The van der Waals surface area contributed by atoms with Crippen molar-refractivity contribution < 1.29 is 4.79 Å². The number of benzene rings is 2. The molecule has 0 spiro atoms. The molecule has 0 fully saturated rings. The van der Waals surface area contributed by atoms with E-state index in [1.807, 2.05) is 66.0 Å². The van der Waals surface area contributed by atoms with Gasteiger partial charge in [-0.2, -0.15) is 0 Å². The van der Waals surface area contributed by atoms with E-state index in [0.29, 0.717) is 17.9 Å². The Hall–Kier alpha value is -2.57. The molecule has 0 saturated carbocycles. The van der Waals surface area contributed by atoms with Crippen LogP contribution in [0.1, 0.15) is 20.8 Å². The maximum atomic E-state index is 12.6. The number of aromatic amines is 1. The first kappa shape index (κ1) is 16.9. The lowest BCUT2D eigenvalue weighted by molar-refractivity contribution is 0.0950. The first-order valence-electron chi connectivity index (χ1n) is 8.25. The molecule has 0 bridgehead atoms. The third kappa shape index (κ3) is 3.81. The Labute approximate surface area is 159 Å². The van der Waals surface area contributed by atoms with Gasteiger partial charge in [0, 0.05) is 16.2 Å². The molecule has 0 atom stereocenters. The second-order valence-corrected chi connectivity index (χ2v) is 7.76. The van der Waals surface area contributed by atoms with E-state index in [0.717, 1.165) is 26.6 Å². The van der Waals surface area contributed by atoms with Gasteiger partial charge in [-0.15, -0.1) is 11.3 Å². The number of H-pyrrole nitrogens is 1. The van der Waals surface area contributed by atoms with Crippen molar-refractivity contribution in [1.29, 1.82) is 0 Å². The Morgan fingerprint density at radius 2 is 1.92 bits per heavy atom. The highest BCUT2D eigenvalue weighted by Gasteiger charge is 2.12. The highest BCUT2D eigenvalue weighted by molar-refractivity contribution is 7.98. The highest BCUT2D eigenvalue weighted by atomic mass is 32.2. The number of hydrogen-bond acceptors (Lipinski definition) is 4. The van der Waals surface area contributed by atoms with Crippen LogP contribution in [0.2, 0.25) is 0 Å². The molecule has 0 unspecified atom stereocenters. The van der Waals surface area contributed by atoms with Crippen molar-refractivity contribution in [1.82, 2.24) is 15.3 Å². The quantitative estimate of drug-likeness (QED) is 0.471. The number of thiophene rings is 1. The molecule has 2 N–H and O–H groups in total. The summed E-state index contributed by atoms with van der Waals surface area (Å²) in [6.45, 7) is 0.557. The first-order chi connectivity index (χ1) is 12.8. The predicted molar refractivity (Wildman–Crippen MR) is 108 cm³/mol. The molecule has 0 saturated heterocycles. The van der Waals surface area contributed by atoms with Crippen LogP contribution in [0.5, 0.6) is 0 Å². The summed E-state index contributed by atoms with van der Waals surface area (Å²) < 4.78 is 0. The van der Waals surface area contributed by atoms with Crippen molar-refractivity contribution in [3.8, 4) is 0 Å². The number of carbonyl (C=O) groups excluding carboxylic acids is 1. The molecular weight excluding hydrogens is 362 g/mol. The van der Waals surface area contributed by atoms with E-state index in [1.54, 1.807) is 23.1 Å². The average molecular weight is 380 g/mol. The van der Waals surface area contributed by atoms with Crippen LogP contribution in [0.15, 0.2) is 71.2 Å². The molecule has 0 aliphatic carbocycles. The van der Waals surface area contributed by atoms with Gasteiger partial charge in [0.25, 0.3) is 5.91 Å². The standard InChI is InChI=1S/C20H17N3OS2/c24-19(21-12-15-7-5-11-25-15)16-8-2-1-6-14(16)13-26-20-22-17-9-3-4-10-18(17)23-20/h1-11H,12-13H2,(H,21,24)(H,22,23). The molecule has 0 radical (unpaired) electrons. The SMILES string of the molecule is O=C(NCc1cccs1)c1ccccc1CSc1nc2ccccc2[nH]1. The fraction of sp³-hybridized carbons (Fsp3) is 0.100. The lowest BCUT2D eigenvalue weighted by Crippen LogP contribution is -2.23.